The summed E-state index contributed by atoms with van der Waals surface area (Å²) in [7, 11) is 0. The number of anilines is 1. The Bertz CT molecular complexity index is 617. The molecule has 0 aromatic heterocycles. The largest absolute Gasteiger partial charge is 0.479 e. The molecule has 23 heavy (non-hydrogen) atoms. The number of benzene rings is 1. The van der Waals surface area contributed by atoms with Crippen LogP contribution >= 0.6 is 0 Å². The third kappa shape index (κ3) is 5.07. The van der Waals surface area contributed by atoms with Gasteiger partial charge in [0.1, 0.15) is 0 Å². The van der Waals surface area contributed by atoms with Crippen molar-refractivity contribution in [3.8, 4) is 0 Å². The van der Waals surface area contributed by atoms with E-state index in [2.05, 4.69) is 10.6 Å². The highest BCUT2D eigenvalue weighted by Gasteiger charge is 2.31. The Morgan fingerprint density at radius 3 is 2.17 bits per heavy atom. The Morgan fingerprint density at radius 1 is 1.09 bits per heavy atom. The van der Waals surface area contributed by atoms with Crippen molar-refractivity contribution in [2.24, 2.45) is 5.41 Å². The highest BCUT2D eigenvalue weighted by molar-refractivity contribution is 6.04. The number of carbonyl (C=O) groups excluding carboxylic acids is 2. The SMILES string of the molecule is CC(C)(C)C(=O)Nc1ccccc1C(=O)NCC(C)(O)C(=O)O. The summed E-state index contributed by atoms with van der Waals surface area (Å²) >= 11 is 0. The minimum absolute atomic E-state index is 0.186. The average molecular weight is 322 g/mol. The van der Waals surface area contributed by atoms with E-state index in [1.165, 1.54) is 6.07 Å². The van der Waals surface area contributed by atoms with E-state index in [9.17, 15) is 19.5 Å². The number of rotatable bonds is 5. The van der Waals surface area contributed by atoms with Crippen molar-refractivity contribution in [1.29, 1.82) is 0 Å². The smallest absolute Gasteiger partial charge is 0.337 e. The van der Waals surface area contributed by atoms with Crippen molar-refractivity contribution in [2.75, 3.05) is 11.9 Å². The molecule has 0 aliphatic carbocycles. The Morgan fingerprint density at radius 2 is 1.65 bits per heavy atom. The van der Waals surface area contributed by atoms with Gasteiger partial charge >= 0.3 is 5.97 Å². The van der Waals surface area contributed by atoms with Gasteiger partial charge in [-0.3, -0.25) is 9.59 Å². The molecule has 2 amide bonds. The Balaban J connectivity index is 2.90. The predicted octanol–water partition coefficient (Wildman–Crippen LogP) is 1.24. The molecule has 0 radical (unpaired) electrons. The molecular weight excluding hydrogens is 300 g/mol. The summed E-state index contributed by atoms with van der Waals surface area (Å²) in [6.07, 6.45) is 0. The summed E-state index contributed by atoms with van der Waals surface area (Å²) in [4.78, 5) is 35.1. The lowest BCUT2D eigenvalue weighted by Crippen LogP contribution is -2.46. The molecule has 0 saturated carbocycles. The van der Waals surface area contributed by atoms with E-state index in [-0.39, 0.29) is 11.5 Å². The fraction of sp³-hybridized carbons (Fsp3) is 0.438. The predicted molar refractivity (Wildman–Crippen MR) is 85.1 cm³/mol. The van der Waals surface area contributed by atoms with Crippen LogP contribution < -0.4 is 10.6 Å². The van der Waals surface area contributed by atoms with Gasteiger partial charge in [-0.05, 0) is 19.1 Å². The first-order valence-electron chi connectivity index (χ1n) is 7.09. The second kappa shape index (κ2) is 6.78. The molecule has 7 nitrogen and oxygen atoms in total. The summed E-state index contributed by atoms with van der Waals surface area (Å²) in [5, 5.41) is 23.5. The van der Waals surface area contributed by atoms with E-state index in [1.54, 1.807) is 39.0 Å². The molecule has 0 saturated heterocycles. The molecule has 1 aromatic rings. The van der Waals surface area contributed by atoms with Crippen LogP contribution in [0.2, 0.25) is 0 Å². The first-order chi connectivity index (χ1) is 10.4. The van der Waals surface area contributed by atoms with Gasteiger partial charge in [0, 0.05) is 5.41 Å². The molecule has 0 bridgehead atoms. The quantitative estimate of drug-likeness (QED) is 0.651. The highest BCUT2D eigenvalue weighted by Crippen LogP contribution is 2.20. The molecule has 0 heterocycles. The number of amides is 2. The number of carboxylic acid groups (broad SMARTS) is 1. The highest BCUT2D eigenvalue weighted by atomic mass is 16.4. The van der Waals surface area contributed by atoms with Crippen LogP contribution in [0.5, 0.6) is 0 Å². The number of hydrogen-bond donors (Lipinski definition) is 4. The van der Waals surface area contributed by atoms with Crippen molar-refractivity contribution in [3.05, 3.63) is 29.8 Å². The number of para-hydroxylation sites is 1. The van der Waals surface area contributed by atoms with Gasteiger partial charge in [-0.25, -0.2) is 4.79 Å². The van der Waals surface area contributed by atoms with Crippen LogP contribution in [0.1, 0.15) is 38.1 Å². The maximum absolute atomic E-state index is 12.2. The van der Waals surface area contributed by atoms with E-state index in [0.29, 0.717) is 5.69 Å². The number of aliphatic carboxylic acids is 1. The van der Waals surface area contributed by atoms with Crippen molar-refractivity contribution in [3.63, 3.8) is 0 Å². The molecular formula is C16H22N2O5. The molecule has 0 aliphatic rings. The molecule has 0 aliphatic heterocycles. The van der Waals surface area contributed by atoms with Crippen LogP contribution in [-0.2, 0) is 9.59 Å². The van der Waals surface area contributed by atoms with E-state index in [1.807, 2.05) is 0 Å². The fourth-order valence-corrected chi connectivity index (χ4v) is 1.52. The Kier molecular flexibility index (Phi) is 5.50. The van der Waals surface area contributed by atoms with Crippen LogP contribution in [0.3, 0.4) is 0 Å². The van der Waals surface area contributed by atoms with E-state index in [0.717, 1.165) is 6.92 Å². The fourth-order valence-electron chi connectivity index (χ4n) is 1.52. The number of hydrogen-bond acceptors (Lipinski definition) is 4. The second-order valence-corrected chi connectivity index (χ2v) is 6.51. The minimum Gasteiger partial charge on any atom is -0.479 e. The van der Waals surface area contributed by atoms with Crippen LogP contribution in [0.25, 0.3) is 0 Å². The first-order valence-corrected chi connectivity index (χ1v) is 7.09. The van der Waals surface area contributed by atoms with Crippen LogP contribution in [0.4, 0.5) is 5.69 Å². The van der Waals surface area contributed by atoms with Gasteiger partial charge in [-0.15, -0.1) is 0 Å². The van der Waals surface area contributed by atoms with E-state index >= 15 is 0 Å². The first kappa shape index (κ1) is 18.6. The Labute approximate surface area is 134 Å². The minimum atomic E-state index is -2.07. The van der Waals surface area contributed by atoms with Crippen LogP contribution in [-0.4, -0.2) is 40.1 Å². The van der Waals surface area contributed by atoms with Gasteiger partial charge in [-0.2, -0.15) is 0 Å². The molecule has 0 spiro atoms. The van der Waals surface area contributed by atoms with Crippen molar-refractivity contribution >= 4 is 23.5 Å². The summed E-state index contributed by atoms with van der Waals surface area (Å²) in [6, 6.07) is 6.37. The van der Waals surface area contributed by atoms with Crippen molar-refractivity contribution < 1.29 is 24.6 Å². The topological polar surface area (TPSA) is 116 Å². The van der Waals surface area contributed by atoms with Gasteiger partial charge in [0.05, 0.1) is 17.8 Å². The maximum atomic E-state index is 12.2. The molecule has 1 atom stereocenters. The van der Waals surface area contributed by atoms with Crippen LogP contribution in [0, 0.1) is 5.41 Å². The lowest BCUT2D eigenvalue weighted by atomic mass is 9.95. The summed E-state index contributed by atoms with van der Waals surface area (Å²) in [6.45, 7) is 5.87. The Hall–Kier alpha value is -2.41. The van der Waals surface area contributed by atoms with Gasteiger partial charge in [0.2, 0.25) is 5.91 Å². The standard InChI is InChI=1S/C16H22N2O5/c1-15(2,3)13(20)18-11-8-6-5-7-10(11)12(19)17-9-16(4,23)14(21)22/h5-8,23H,9H2,1-4H3,(H,17,19)(H,18,20)(H,21,22). The number of carboxylic acids is 1. The lowest BCUT2D eigenvalue weighted by molar-refractivity contribution is -0.155. The van der Waals surface area contributed by atoms with Crippen molar-refractivity contribution in [2.45, 2.75) is 33.3 Å². The maximum Gasteiger partial charge on any atom is 0.337 e. The number of aliphatic hydroxyl groups is 1. The number of nitrogens with one attached hydrogen (secondary N) is 2. The molecule has 7 heteroatoms. The van der Waals surface area contributed by atoms with Crippen molar-refractivity contribution in [1.82, 2.24) is 5.32 Å². The van der Waals surface area contributed by atoms with Gasteiger partial charge in [0.25, 0.3) is 5.91 Å². The average Bonchev–Trinajstić information content (AvgIpc) is 2.44. The molecule has 4 N–H and O–H groups in total. The molecule has 1 unspecified atom stereocenters. The lowest BCUT2D eigenvalue weighted by Gasteiger charge is -2.21. The van der Waals surface area contributed by atoms with Gasteiger partial charge in [-0.1, -0.05) is 32.9 Å². The molecule has 1 aromatic carbocycles. The molecule has 1 rings (SSSR count). The summed E-state index contributed by atoms with van der Waals surface area (Å²) in [5.74, 6) is -2.28. The summed E-state index contributed by atoms with van der Waals surface area (Å²) < 4.78 is 0. The number of carbonyl (C=O) groups is 3. The molecule has 126 valence electrons. The zero-order valence-corrected chi connectivity index (χ0v) is 13.6. The monoisotopic (exact) mass is 322 g/mol. The molecule has 0 fully saturated rings. The summed E-state index contributed by atoms with van der Waals surface area (Å²) in [5.41, 5.74) is -2.19. The van der Waals surface area contributed by atoms with Gasteiger partial charge in [0.15, 0.2) is 5.60 Å². The zero-order valence-electron chi connectivity index (χ0n) is 13.6. The van der Waals surface area contributed by atoms with E-state index in [4.69, 9.17) is 5.11 Å². The second-order valence-electron chi connectivity index (χ2n) is 6.51. The normalized spacial score (nSPS) is 13.8. The van der Waals surface area contributed by atoms with Gasteiger partial charge < -0.3 is 20.8 Å². The zero-order chi connectivity index (χ0) is 17.8. The van der Waals surface area contributed by atoms with E-state index < -0.39 is 29.4 Å². The third-order valence-electron chi connectivity index (χ3n) is 3.15. The van der Waals surface area contributed by atoms with Crippen LogP contribution in [0.15, 0.2) is 24.3 Å². The third-order valence-corrected chi connectivity index (χ3v) is 3.15.